The number of hydrogen-bond acceptors (Lipinski definition) is 4. The second-order valence-electron chi connectivity index (χ2n) is 5.05. The van der Waals surface area contributed by atoms with E-state index >= 15 is 0 Å². The SMILES string of the molecule is CN(C(=O)[C@@H]1CCCNC1)C1CCS(=O)(=O)C1. The molecule has 0 aromatic carbocycles. The number of amides is 1. The molecule has 5 nitrogen and oxygen atoms in total. The summed E-state index contributed by atoms with van der Waals surface area (Å²) in [6, 6.07) is -0.116. The van der Waals surface area contributed by atoms with Gasteiger partial charge in [-0.2, -0.15) is 0 Å². The van der Waals surface area contributed by atoms with E-state index in [4.69, 9.17) is 0 Å². The highest BCUT2D eigenvalue weighted by Gasteiger charge is 2.35. The quantitative estimate of drug-likeness (QED) is 0.736. The van der Waals surface area contributed by atoms with Gasteiger partial charge in [0.15, 0.2) is 9.84 Å². The van der Waals surface area contributed by atoms with Crippen molar-refractivity contribution in [1.82, 2.24) is 10.2 Å². The van der Waals surface area contributed by atoms with Crippen LogP contribution in [-0.2, 0) is 14.6 Å². The summed E-state index contributed by atoms with van der Waals surface area (Å²) < 4.78 is 22.8. The lowest BCUT2D eigenvalue weighted by molar-refractivity contribution is -0.136. The molecule has 2 atom stereocenters. The van der Waals surface area contributed by atoms with E-state index in [1.807, 2.05) is 0 Å². The fourth-order valence-corrected chi connectivity index (χ4v) is 4.39. The molecule has 2 fully saturated rings. The van der Waals surface area contributed by atoms with Gasteiger partial charge in [0.25, 0.3) is 0 Å². The Hall–Kier alpha value is -0.620. The van der Waals surface area contributed by atoms with E-state index in [2.05, 4.69) is 5.32 Å². The van der Waals surface area contributed by atoms with Crippen LogP contribution in [0.1, 0.15) is 19.3 Å². The van der Waals surface area contributed by atoms with Crippen LogP contribution in [0.25, 0.3) is 0 Å². The zero-order valence-corrected chi connectivity index (χ0v) is 11.0. The van der Waals surface area contributed by atoms with Crippen molar-refractivity contribution in [3.8, 4) is 0 Å². The number of hydrogen-bond donors (Lipinski definition) is 1. The standard InChI is InChI=1S/C11H20N2O3S/c1-13(10-4-6-17(15,16)8-10)11(14)9-3-2-5-12-7-9/h9-10,12H,2-8H2,1H3/t9-,10?/m1/s1. The average Bonchev–Trinajstić information content (AvgIpc) is 2.69. The van der Waals surface area contributed by atoms with E-state index < -0.39 is 9.84 Å². The van der Waals surface area contributed by atoms with Gasteiger partial charge in [-0.3, -0.25) is 4.79 Å². The maximum absolute atomic E-state index is 12.2. The maximum atomic E-state index is 12.2. The number of piperidine rings is 1. The minimum Gasteiger partial charge on any atom is -0.341 e. The van der Waals surface area contributed by atoms with E-state index in [0.717, 1.165) is 25.9 Å². The van der Waals surface area contributed by atoms with Crippen LogP contribution in [0, 0.1) is 5.92 Å². The Balaban J connectivity index is 1.95. The number of carbonyl (C=O) groups excluding carboxylic acids is 1. The Bertz CT molecular complexity index is 388. The molecule has 1 unspecified atom stereocenters. The molecule has 0 aromatic rings. The lowest BCUT2D eigenvalue weighted by Gasteiger charge is -2.30. The van der Waals surface area contributed by atoms with Crippen LogP contribution in [0.3, 0.4) is 0 Å². The highest BCUT2D eigenvalue weighted by atomic mass is 32.2. The van der Waals surface area contributed by atoms with Gasteiger partial charge in [0.2, 0.25) is 5.91 Å². The zero-order chi connectivity index (χ0) is 12.5. The normalized spacial score (nSPS) is 32.3. The molecule has 0 radical (unpaired) electrons. The van der Waals surface area contributed by atoms with Crippen molar-refractivity contribution in [2.24, 2.45) is 5.92 Å². The molecule has 1 N–H and O–H groups in total. The molecule has 98 valence electrons. The average molecular weight is 260 g/mol. The Kier molecular flexibility index (Phi) is 3.73. The van der Waals surface area contributed by atoms with Gasteiger partial charge in [-0.1, -0.05) is 0 Å². The molecule has 2 heterocycles. The lowest BCUT2D eigenvalue weighted by Crippen LogP contribution is -2.45. The van der Waals surface area contributed by atoms with E-state index in [1.54, 1.807) is 11.9 Å². The predicted octanol–water partition coefficient (Wildman–Crippen LogP) is -0.368. The molecule has 2 aliphatic heterocycles. The first-order chi connectivity index (χ1) is 7.99. The van der Waals surface area contributed by atoms with Gasteiger partial charge < -0.3 is 10.2 Å². The number of nitrogens with zero attached hydrogens (tertiary/aromatic N) is 1. The van der Waals surface area contributed by atoms with Crippen LogP contribution in [0.2, 0.25) is 0 Å². The molecule has 0 aromatic heterocycles. The van der Waals surface area contributed by atoms with Crippen LogP contribution < -0.4 is 5.32 Å². The minimum absolute atomic E-state index is 0.0251. The van der Waals surface area contributed by atoms with Crippen LogP contribution in [-0.4, -0.2) is 56.9 Å². The number of carbonyl (C=O) groups is 1. The first-order valence-electron chi connectivity index (χ1n) is 6.17. The summed E-state index contributed by atoms with van der Waals surface area (Å²) in [5, 5.41) is 3.21. The summed E-state index contributed by atoms with van der Waals surface area (Å²) in [6.07, 6.45) is 2.52. The molecule has 2 aliphatic rings. The van der Waals surface area contributed by atoms with Gasteiger partial charge in [-0.15, -0.1) is 0 Å². The number of nitrogens with one attached hydrogen (secondary N) is 1. The van der Waals surface area contributed by atoms with E-state index in [1.165, 1.54) is 0 Å². The molecular formula is C11H20N2O3S. The van der Waals surface area contributed by atoms with E-state index in [-0.39, 0.29) is 29.4 Å². The van der Waals surface area contributed by atoms with Crippen LogP contribution in [0.5, 0.6) is 0 Å². The predicted molar refractivity (Wildman–Crippen MR) is 65.4 cm³/mol. The van der Waals surface area contributed by atoms with Gasteiger partial charge in [0.1, 0.15) is 0 Å². The Morgan fingerprint density at radius 2 is 2.12 bits per heavy atom. The molecule has 6 heteroatoms. The summed E-state index contributed by atoms with van der Waals surface area (Å²) in [6.45, 7) is 1.70. The smallest absolute Gasteiger partial charge is 0.226 e. The third-order valence-corrected chi connectivity index (χ3v) is 5.50. The van der Waals surface area contributed by atoms with Gasteiger partial charge in [0.05, 0.1) is 17.4 Å². The molecular weight excluding hydrogens is 240 g/mol. The van der Waals surface area contributed by atoms with Crippen molar-refractivity contribution < 1.29 is 13.2 Å². The fourth-order valence-electron chi connectivity index (χ4n) is 2.61. The minimum atomic E-state index is -2.91. The summed E-state index contributed by atoms with van der Waals surface area (Å²) >= 11 is 0. The second-order valence-corrected chi connectivity index (χ2v) is 7.28. The summed E-state index contributed by atoms with van der Waals surface area (Å²) in [5.41, 5.74) is 0. The summed E-state index contributed by atoms with van der Waals surface area (Å²) in [4.78, 5) is 13.8. The lowest BCUT2D eigenvalue weighted by atomic mass is 9.97. The highest BCUT2D eigenvalue weighted by molar-refractivity contribution is 7.91. The third-order valence-electron chi connectivity index (χ3n) is 3.75. The first-order valence-corrected chi connectivity index (χ1v) is 7.99. The molecule has 1 amide bonds. The summed E-state index contributed by atoms with van der Waals surface area (Å²) in [7, 11) is -1.18. The Labute approximate surface area is 102 Å². The molecule has 0 saturated carbocycles. The maximum Gasteiger partial charge on any atom is 0.226 e. The molecule has 17 heavy (non-hydrogen) atoms. The van der Waals surface area contributed by atoms with Gasteiger partial charge in [-0.25, -0.2) is 8.42 Å². The van der Waals surface area contributed by atoms with Crippen molar-refractivity contribution in [3.05, 3.63) is 0 Å². The Morgan fingerprint density at radius 3 is 2.65 bits per heavy atom. The van der Waals surface area contributed by atoms with Gasteiger partial charge in [0, 0.05) is 19.6 Å². The largest absolute Gasteiger partial charge is 0.341 e. The fraction of sp³-hybridized carbons (Fsp3) is 0.909. The highest BCUT2D eigenvalue weighted by Crippen LogP contribution is 2.20. The van der Waals surface area contributed by atoms with E-state index in [9.17, 15) is 13.2 Å². The number of sulfone groups is 1. The molecule has 0 spiro atoms. The Morgan fingerprint density at radius 1 is 1.35 bits per heavy atom. The van der Waals surface area contributed by atoms with Gasteiger partial charge in [-0.05, 0) is 25.8 Å². The van der Waals surface area contributed by atoms with E-state index in [0.29, 0.717) is 6.42 Å². The van der Waals surface area contributed by atoms with Crippen LogP contribution in [0.4, 0.5) is 0 Å². The van der Waals surface area contributed by atoms with Crippen LogP contribution >= 0.6 is 0 Å². The second kappa shape index (κ2) is 4.94. The van der Waals surface area contributed by atoms with Crippen LogP contribution in [0.15, 0.2) is 0 Å². The van der Waals surface area contributed by atoms with Crippen molar-refractivity contribution in [1.29, 1.82) is 0 Å². The first kappa shape index (κ1) is 12.8. The molecule has 0 bridgehead atoms. The van der Waals surface area contributed by atoms with Crippen molar-refractivity contribution in [3.63, 3.8) is 0 Å². The molecule has 2 rings (SSSR count). The van der Waals surface area contributed by atoms with Crippen molar-refractivity contribution >= 4 is 15.7 Å². The number of rotatable bonds is 2. The van der Waals surface area contributed by atoms with Crippen molar-refractivity contribution in [2.45, 2.75) is 25.3 Å². The van der Waals surface area contributed by atoms with Gasteiger partial charge >= 0.3 is 0 Å². The molecule has 0 aliphatic carbocycles. The molecule has 2 saturated heterocycles. The third kappa shape index (κ3) is 2.98. The van der Waals surface area contributed by atoms with Crippen molar-refractivity contribution in [2.75, 3.05) is 31.6 Å². The topological polar surface area (TPSA) is 66.5 Å². The summed E-state index contributed by atoms with van der Waals surface area (Å²) in [5.74, 6) is 0.476. The zero-order valence-electron chi connectivity index (χ0n) is 10.2. The monoisotopic (exact) mass is 260 g/mol.